The maximum Gasteiger partial charge on any atom is 0.307 e. The van der Waals surface area contributed by atoms with E-state index in [1.165, 1.54) is 11.1 Å². The molecule has 28 heavy (non-hydrogen) atoms. The zero-order chi connectivity index (χ0) is 19.9. The Balaban J connectivity index is 1.44. The summed E-state index contributed by atoms with van der Waals surface area (Å²) in [6.07, 6.45) is 2.43. The van der Waals surface area contributed by atoms with E-state index in [1.807, 2.05) is 36.4 Å². The number of benzene rings is 2. The van der Waals surface area contributed by atoms with Crippen LogP contribution in [0, 0.1) is 0 Å². The number of nitrogens with one attached hydrogen (secondary N) is 1. The molecular formula is C22H24ClNO3S. The van der Waals surface area contributed by atoms with Crippen molar-refractivity contribution in [3.63, 3.8) is 0 Å². The van der Waals surface area contributed by atoms with Gasteiger partial charge in [-0.05, 0) is 61.6 Å². The summed E-state index contributed by atoms with van der Waals surface area (Å²) in [4.78, 5) is 25.6. The molecule has 2 aromatic rings. The summed E-state index contributed by atoms with van der Waals surface area (Å²) in [5, 5.41) is 3.72. The molecule has 1 amide bonds. The van der Waals surface area contributed by atoms with Crippen LogP contribution in [0.5, 0.6) is 0 Å². The van der Waals surface area contributed by atoms with E-state index in [0.29, 0.717) is 10.8 Å². The Kier molecular flexibility index (Phi) is 7.40. The first-order chi connectivity index (χ1) is 13.5. The highest BCUT2D eigenvalue weighted by atomic mass is 35.5. The second-order valence-electron chi connectivity index (χ2n) is 6.84. The monoisotopic (exact) mass is 417 g/mol. The van der Waals surface area contributed by atoms with Crippen molar-refractivity contribution in [3.8, 4) is 0 Å². The third-order valence-electron chi connectivity index (χ3n) is 4.75. The summed E-state index contributed by atoms with van der Waals surface area (Å²) < 4.78 is 5.31. The Morgan fingerprint density at radius 3 is 2.75 bits per heavy atom. The summed E-state index contributed by atoms with van der Waals surface area (Å²) in [5.41, 5.74) is 2.45. The molecule has 3 rings (SSSR count). The number of carbonyl (C=O) groups excluding carboxylic acids is 2. The molecule has 148 valence electrons. The highest BCUT2D eigenvalue weighted by Crippen LogP contribution is 2.29. The molecule has 0 fully saturated rings. The van der Waals surface area contributed by atoms with Crippen LogP contribution in [0.4, 0.5) is 0 Å². The number of amides is 1. The van der Waals surface area contributed by atoms with Crippen molar-refractivity contribution >= 4 is 35.2 Å². The van der Waals surface area contributed by atoms with Gasteiger partial charge in [0.1, 0.15) is 0 Å². The van der Waals surface area contributed by atoms with E-state index in [1.54, 1.807) is 18.7 Å². The van der Waals surface area contributed by atoms with Crippen LogP contribution in [0.2, 0.25) is 5.02 Å². The lowest BCUT2D eigenvalue weighted by molar-refractivity contribution is -0.154. The van der Waals surface area contributed by atoms with Gasteiger partial charge < -0.3 is 10.1 Å². The van der Waals surface area contributed by atoms with Crippen molar-refractivity contribution in [2.24, 2.45) is 0 Å². The van der Waals surface area contributed by atoms with E-state index in [-0.39, 0.29) is 24.3 Å². The summed E-state index contributed by atoms with van der Waals surface area (Å²) in [6.45, 7) is 1.62. The quantitative estimate of drug-likeness (QED) is 0.511. The minimum atomic E-state index is -0.804. The van der Waals surface area contributed by atoms with Crippen LogP contribution < -0.4 is 5.32 Å². The first kappa shape index (κ1) is 20.7. The first-order valence-corrected chi connectivity index (χ1v) is 10.9. The largest absolute Gasteiger partial charge is 0.453 e. The van der Waals surface area contributed by atoms with Gasteiger partial charge in [-0.2, -0.15) is 0 Å². The topological polar surface area (TPSA) is 55.4 Å². The van der Waals surface area contributed by atoms with Crippen molar-refractivity contribution in [2.75, 3.05) is 5.75 Å². The molecule has 0 saturated heterocycles. The SMILES string of the molecule is C[C@@H](OC(=O)CCSc1ccc(Cl)cc1)C(=O)N[C@H]1CCCc2ccccc21. The van der Waals surface area contributed by atoms with Gasteiger partial charge in [0, 0.05) is 15.7 Å². The number of fused-ring (bicyclic) bond motifs is 1. The molecule has 0 heterocycles. The van der Waals surface area contributed by atoms with E-state index in [0.717, 1.165) is 24.2 Å². The lowest BCUT2D eigenvalue weighted by Gasteiger charge is -2.27. The summed E-state index contributed by atoms with van der Waals surface area (Å²) in [5.74, 6) is -0.0290. The van der Waals surface area contributed by atoms with Gasteiger partial charge in [0.2, 0.25) is 0 Å². The normalized spacial score (nSPS) is 16.7. The summed E-state index contributed by atoms with van der Waals surface area (Å²) in [6, 6.07) is 15.6. The summed E-state index contributed by atoms with van der Waals surface area (Å²) >= 11 is 7.41. The molecule has 1 aliphatic carbocycles. The lowest BCUT2D eigenvalue weighted by Crippen LogP contribution is -2.39. The Hall–Kier alpha value is -1.98. The number of esters is 1. The number of rotatable bonds is 7. The van der Waals surface area contributed by atoms with E-state index in [4.69, 9.17) is 16.3 Å². The number of aryl methyl sites for hydroxylation is 1. The van der Waals surface area contributed by atoms with E-state index in [2.05, 4.69) is 17.4 Å². The second-order valence-corrected chi connectivity index (χ2v) is 8.44. The number of hydrogen-bond donors (Lipinski definition) is 1. The average molecular weight is 418 g/mol. The van der Waals surface area contributed by atoms with Crippen LogP contribution >= 0.6 is 23.4 Å². The predicted molar refractivity (Wildman–Crippen MR) is 113 cm³/mol. The number of hydrogen-bond acceptors (Lipinski definition) is 4. The van der Waals surface area contributed by atoms with E-state index < -0.39 is 6.10 Å². The fourth-order valence-corrected chi connectivity index (χ4v) is 4.24. The third-order valence-corrected chi connectivity index (χ3v) is 6.02. The fourth-order valence-electron chi connectivity index (χ4n) is 3.29. The van der Waals surface area contributed by atoms with Crippen LogP contribution in [-0.4, -0.2) is 23.7 Å². The van der Waals surface area contributed by atoms with Crippen molar-refractivity contribution in [3.05, 3.63) is 64.7 Å². The maximum absolute atomic E-state index is 12.5. The molecule has 2 aromatic carbocycles. The molecule has 0 aliphatic heterocycles. The van der Waals surface area contributed by atoms with E-state index >= 15 is 0 Å². The maximum atomic E-state index is 12.5. The fraction of sp³-hybridized carbons (Fsp3) is 0.364. The van der Waals surface area contributed by atoms with Gasteiger partial charge in [-0.1, -0.05) is 35.9 Å². The molecule has 0 aromatic heterocycles. The third kappa shape index (κ3) is 5.76. The second kappa shape index (κ2) is 9.99. The van der Waals surface area contributed by atoms with Gasteiger partial charge in [-0.15, -0.1) is 11.8 Å². The summed E-state index contributed by atoms with van der Waals surface area (Å²) in [7, 11) is 0. The first-order valence-electron chi connectivity index (χ1n) is 9.49. The molecule has 2 atom stereocenters. The molecule has 0 saturated carbocycles. The Morgan fingerprint density at radius 1 is 1.21 bits per heavy atom. The highest BCUT2D eigenvalue weighted by molar-refractivity contribution is 7.99. The zero-order valence-electron chi connectivity index (χ0n) is 15.8. The molecule has 6 heteroatoms. The highest BCUT2D eigenvalue weighted by Gasteiger charge is 2.25. The van der Waals surface area contributed by atoms with Gasteiger partial charge >= 0.3 is 5.97 Å². The van der Waals surface area contributed by atoms with Gasteiger partial charge in [-0.3, -0.25) is 9.59 Å². The molecule has 0 radical (unpaired) electrons. The predicted octanol–water partition coefficient (Wildman–Crippen LogP) is 4.95. The number of thioether (sulfide) groups is 1. The molecule has 1 aliphatic rings. The Bertz CT molecular complexity index is 825. The minimum absolute atomic E-state index is 0.0148. The molecule has 0 bridgehead atoms. The Morgan fingerprint density at radius 2 is 1.96 bits per heavy atom. The van der Waals surface area contributed by atoms with Crippen LogP contribution in [0.25, 0.3) is 0 Å². The number of halogens is 1. The van der Waals surface area contributed by atoms with Crippen LogP contribution in [0.15, 0.2) is 53.4 Å². The van der Waals surface area contributed by atoms with Crippen LogP contribution in [-0.2, 0) is 20.7 Å². The van der Waals surface area contributed by atoms with Gasteiger partial charge in [-0.25, -0.2) is 0 Å². The van der Waals surface area contributed by atoms with Gasteiger partial charge in [0.25, 0.3) is 5.91 Å². The number of carbonyl (C=O) groups is 2. The molecule has 0 unspecified atom stereocenters. The molecule has 1 N–H and O–H groups in total. The van der Waals surface area contributed by atoms with Gasteiger partial charge in [0.15, 0.2) is 6.10 Å². The molecule has 4 nitrogen and oxygen atoms in total. The Labute approximate surface area is 175 Å². The van der Waals surface area contributed by atoms with Crippen molar-refractivity contribution < 1.29 is 14.3 Å². The standard InChI is InChI=1S/C22H24ClNO3S/c1-15(27-21(25)13-14-28-18-11-9-17(23)10-12-18)22(26)24-20-8-4-6-16-5-2-3-7-19(16)20/h2-3,5,7,9-12,15,20H,4,6,8,13-14H2,1H3,(H,24,26)/t15-,20+/m1/s1. The average Bonchev–Trinajstić information content (AvgIpc) is 2.69. The molecule has 0 spiro atoms. The lowest BCUT2D eigenvalue weighted by atomic mass is 9.87. The van der Waals surface area contributed by atoms with Crippen molar-refractivity contribution in [1.82, 2.24) is 5.32 Å². The van der Waals surface area contributed by atoms with Crippen molar-refractivity contribution in [2.45, 2.75) is 49.6 Å². The van der Waals surface area contributed by atoms with Crippen LogP contribution in [0.1, 0.15) is 43.4 Å². The molecular weight excluding hydrogens is 394 g/mol. The van der Waals surface area contributed by atoms with E-state index in [9.17, 15) is 9.59 Å². The smallest absolute Gasteiger partial charge is 0.307 e. The minimum Gasteiger partial charge on any atom is -0.453 e. The van der Waals surface area contributed by atoms with Crippen molar-refractivity contribution in [1.29, 1.82) is 0 Å². The van der Waals surface area contributed by atoms with Crippen LogP contribution in [0.3, 0.4) is 0 Å². The zero-order valence-corrected chi connectivity index (χ0v) is 17.4. The number of ether oxygens (including phenoxy) is 1. The van der Waals surface area contributed by atoms with Gasteiger partial charge in [0.05, 0.1) is 12.5 Å².